The molecule has 8 aromatic heterocycles. The molecule has 0 saturated carbocycles. The Balaban J connectivity index is 0.0000000957. The Morgan fingerprint density at radius 2 is 0.603 bits per heavy atom. The lowest BCUT2D eigenvalue weighted by molar-refractivity contribution is 1.02. The van der Waals surface area contributed by atoms with Crippen molar-refractivity contribution in [3.05, 3.63) is 377 Å². The molecule has 121 heavy (non-hydrogen) atoms. The number of pyridine rings is 3. The number of benzene rings is 21. The summed E-state index contributed by atoms with van der Waals surface area (Å²) >= 11 is 0. The predicted molar refractivity (Wildman–Crippen MR) is 503 cm³/mol. The average molecular weight is 1540 g/mol. The molecule has 0 bridgehead atoms. The Morgan fingerprint density at radius 3 is 1.20 bits per heavy atom. The van der Waals surface area contributed by atoms with Crippen LogP contribution >= 0.6 is 0 Å². The van der Waals surface area contributed by atoms with Crippen molar-refractivity contribution in [2.45, 2.75) is 0 Å². The van der Waals surface area contributed by atoms with Gasteiger partial charge in [-0.15, -0.1) is 0 Å². The van der Waals surface area contributed by atoms with Gasteiger partial charge in [0, 0.05) is 111 Å². The van der Waals surface area contributed by atoms with Gasteiger partial charge in [-0.3, -0.25) is 24.1 Å². The van der Waals surface area contributed by atoms with Gasteiger partial charge < -0.3 is 4.57 Å². The molecule has 0 saturated heterocycles. The second kappa shape index (κ2) is 25.0. The molecule has 29 rings (SSSR count). The van der Waals surface area contributed by atoms with Crippen molar-refractivity contribution >= 4 is 206 Å². The number of para-hydroxylation sites is 3. The first-order valence-corrected chi connectivity index (χ1v) is 41.2. The Morgan fingerprint density at radius 1 is 0.190 bits per heavy atom. The zero-order chi connectivity index (χ0) is 78.8. The highest BCUT2D eigenvalue weighted by Gasteiger charge is 2.31. The van der Waals surface area contributed by atoms with E-state index in [1.54, 1.807) is 0 Å². The Labute approximate surface area is 689 Å². The third-order valence-electron chi connectivity index (χ3n) is 25.8. The van der Waals surface area contributed by atoms with E-state index in [1.165, 1.54) is 163 Å². The summed E-state index contributed by atoms with van der Waals surface area (Å²) in [6, 6.07) is 128. The van der Waals surface area contributed by atoms with Crippen LogP contribution in [0.1, 0.15) is 0 Å². The number of fused-ring (bicyclic) bond motifs is 9. The monoisotopic (exact) mass is 1530 g/mol. The van der Waals surface area contributed by atoms with E-state index >= 15 is 0 Å². The minimum absolute atomic E-state index is 0.657. The minimum Gasteiger partial charge on any atom is -0.309 e. The molecule has 21 aromatic carbocycles. The lowest BCUT2D eigenvalue weighted by Crippen LogP contribution is -2.04. The van der Waals surface area contributed by atoms with Crippen molar-refractivity contribution in [2.75, 3.05) is 0 Å². The van der Waals surface area contributed by atoms with Crippen LogP contribution in [0.15, 0.2) is 377 Å². The van der Waals surface area contributed by atoms with Gasteiger partial charge in [0.1, 0.15) is 5.69 Å². The van der Waals surface area contributed by atoms with Crippen molar-refractivity contribution in [3.63, 3.8) is 0 Å². The maximum atomic E-state index is 5.34. The lowest BCUT2D eigenvalue weighted by Gasteiger charge is -2.14. The molecule has 0 unspecified atom stereocenters. The normalized spacial score (nSPS) is 12.3. The Bertz CT molecular complexity index is 9260. The highest BCUT2D eigenvalue weighted by molar-refractivity contribution is 6.45. The average Bonchev–Trinajstić information content (AvgIpc) is 1.55. The smallest absolute Gasteiger partial charge is 0.235 e. The van der Waals surface area contributed by atoms with E-state index in [9.17, 15) is 0 Å². The summed E-state index contributed by atoms with van der Waals surface area (Å²) in [4.78, 5) is 35.9. The Kier molecular flexibility index (Phi) is 13.6. The van der Waals surface area contributed by atoms with Gasteiger partial charge in [0.2, 0.25) is 5.95 Å². The maximum Gasteiger partial charge on any atom is 0.235 e. The minimum atomic E-state index is 0.657. The van der Waals surface area contributed by atoms with Crippen molar-refractivity contribution in [1.82, 2.24) is 48.6 Å². The largest absolute Gasteiger partial charge is 0.309 e. The van der Waals surface area contributed by atoms with Gasteiger partial charge in [-0.1, -0.05) is 273 Å². The van der Waals surface area contributed by atoms with Crippen LogP contribution in [0.4, 0.5) is 0 Å². The van der Waals surface area contributed by atoms with Crippen LogP contribution in [0.5, 0.6) is 0 Å². The molecule has 0 aliphatic rings. The standard InChI is InChI=1S/2C37H20N4.C37H22N2/c1-2-8-23(9-3-1)35-37(40-28-14-5-4-13-27(28)39-35)41-29-18-17-22-16-15-21-10-6-12-25-26-20-24-11-7-19-38-34(24)36(41)32(26)33(29)31(22)30(21)25;1-2-8-23(9-3-1)34-26-12-4-5-14-28(26)39-37(40-34)41-29-18-17-22-16-15-21-10-6-13-25-27-20-24-11-7-19-38-35(24)36(41)32(27)33(29)31(22)30(21)25;1-2-5-23(6-3-1)24-9-11-25(12-10-24)26-15-18-29(19-16-26)39-31-8-4-7-30-35(31)36-32(39)20-17-27-13-14-28-21-22-38-37(30)34(28)33(27)36/h2*1-20H;1-22H. The van der Waals surface area contributed by atoms with Crippen molar-refractivity contribution in [1.29, 1.82) is 0 Å². The SMILES string of the molecule is c1ccc(-c2ccc(-c3ccc(-n4c5cccc6c7nccc8ccc9ccc4c(c9c87)c65)cc3)cc2)cc1.c1ccc(-c2nc(-n3c4ccc5ccc6cccc7c8cc9cccnc9c3c8c4c5c67)nc3ccccc23)cc1.c1ccc(-c2nc3ccccc3nc2-n2c3ccc4ccc5cccc6c7cc8cccnc8c2c7c3c4c56)cc1. The molecule has 0 fully saturated rings. The van der Waals surface area contributed by atoms with E-state index < -0.39 is 0 Å². The van der Waals surface area contributed by atoms with E-state index in [0.29, 0.717) is 5.95 Å². The van der Waals surface area contributed by atoms with E-state index in [1.807, 2.05) is 73.2 Å². The number of aromatic nitrogens is 10. The molecule has 0 atom stereocenters. The van der Waals surface area contributed by atoms with Crippen LogP contribution in [0.3, 0.4) is 0 Å². The summed E-state index contributed by atoms with van der Waals surface area (Å²) in [5.41, 5.74) is 22.5. The molecule has 8 heterocycles. The van der Waals surface area contributed by atoms with Gasteiger partial charge in [0.05, 0.1) is 71.9 Å². The summed E-state index contributed by atoms with van der Waals surface area (Å²) < 4.78 is 7.00. The fourth-order valence-corrected chi connectivity index (χ4v) is 20.7. The van der Waals surface area contributed by atoms with Crippen LogP contribution in [0, 0.1) is 0 Å². The number of hydrogen-bond donors (Lipinski definition) is 0. The highest BCUT2D eigenvalue weighted by atomic mass is 15.2. The quantitative estimate of drug-likeness (QED) is 0.116. The van der Waals surface area contributed by atoms with Crippen LogP contribution in [-0.4, -0.2) is 48.6 Å². The predicted octanol–water partition coefficient (Wildman–Crippen LogP) is 28.4. The first kappa shape index (κ1) is 65.8. The molecule has 0 aliphatic heterocycles. The van der Waals surface area contributed by atoms with Crippen molar-refractivity contribution < 1.29 is 0 Å². The van der Waals surface area contributed by atoms with Gasteiger partial charge in [0.15, 0.2) is 5.82 Å². The molecule has 10 nitrogen and oxygen atoms in total. The fraction of sp³-hybridized carbons (Fsp3) is 0. The number of nitrogens with zero attached hydrogens (tertiary/aromatic N) is 10. The number of hydrogen-bond acceptors (Lipinski definition) is 7. The molecule has 0 radical (unpaired) electrons. The maximum absolute atomic E-state index is 5.34. The van der Waals surface area contributed by atoms with Crippen LogP contribution in [0.25, 0.3) is 268 Å². The van der Waals surface area contributed by atoms with E-state index in [-0.39, 0.29) is 0 Å². The summed E-state index contributed by atoms with van der Waals surface area (Å²) in [7, 11) is 0. The van der Waals surface area contributed by atoms with Gasteiger partial charge >= 0.3 is 0 Å². The van der Waals surface area contributed by atoms with Crippen LogP contribution in [-0.2, 0) is 0 Å². The molecule has 0 spiro atoms. The second-order valence-corrected chi connectivity index (χ2v) is 32.1. The summed E-state index contributed by atoms with van der Waals surface area (Å²) in [6.45, 7) is 0. The molecular weight excluding hydrogens is 1470 g/mol. The van der Waals surface area contributed by atoms with Gasteiger partial charge in [0.25, 0.3) is 0 Å². The highest BCUT2D eigenvalue weighted by Crippen LogP contribution is 2.53. The third-order valence-corrected chi connectivity index (χ3v) is 25.8. The van der Waals surface area contributed by atoms with Gasteiger partial charge in [-0.05, 0) is 172 Å². The first-order valence-electron chi connectivity index (χ1n) is 41.2. The number of rotatable bonds is 7. The molecular formula is C111H62N10. The first-order chi connectivity index (χ1) is 60.0. The molecule has 556 valence electrons. The van der Waals surface area contributed by atoms with Crippen molar-refractivity contribution in [3.8, 4) is 62.2 Å². The summed E-state index contributed by atoms with van der Waals surface area (Å²) in [6.07, 6.45) is 5.72. The molecule has 0 N–H and O–H groups in total. The van der Waals surface area contributed by atoms with Gasteiger partial charge in [-0.2, -0.15) is 0 Å². The molecule has 29 aromatic rings. The summed E-state index contributed by atoms with van der Waals surface area (Å²) in [5, 5.41) is 32.5. The molecule has 10 heteroatoms. The lowest BCUT2D eigenvalue weighted by atomic mass is 9.89. The molecule has 0 aliphatic carbocycles. The van der Waals surface area contributed by atoms with Crippen LogP contribution < -0.4 is 0 Å². The van der Waals surface area contributed by atoms with E-state index in [2.05, 4.69) is 317 Å². The van der Waals surface area contributed by atoms with E-state index in [0.717, 1.165) is 99.7 Å². The zero-order valence-corrected chi connectivity index (χ0v) is 64.8. The Hall–Kier alpha value is -16.4. The third kappa shape index (κ3) is 9.38. The fourth-order valence-electron chi connectivity index (χ4n) is 20.7. The van der Waals surface area contributed by atoms with Crippen LogP contribution in [0.2, 0.25) is 0 Å². The van der Waals surface area contributed by atoms with Crippen molar-refractivity contribution in [2.24, 2.45) is 0 Å². The summed E-state index contributed by atoms with van der Waals surface area (Å²) in [5.74, 6) is 1.47. The topological polar surface area (TPSA) is 105 Å². The second-order valence-electron chi connectivity index (χ2n) is 32.1. The van der Waals surface area contributed by atoms with Gasteiger partial charge in [-0.25, -0.2) is 19.9 Å². The van der Waals surface area contributed by atoms with E-state index in [4.69, 9.17) is 34.9 Å². The molecule has 0 amide bonds. The zero-order valence-electron chi connectivity index (χ0n) is 64.8.